The summed E-state index contributed by atoms with van der Waals surface area (Å²) in [4.78, 5) is 12.7. The number of ketones is 1. The molecule has 4 rings (SSSR count). The Morgan fingerprint density at radius 3 is 3.00 bits per heavy atom. The van der Waals surface area contributed by atoms with Crippen LogP contribution in [0.2, 0.25) is 0 Å². The molecule has 0 fully saturated rings. The molecule has 25 heavy (non-hydrogen) atoms. The van der Waals surface area contributed by atoms with E-state index in [2.05, 4.69) is 10.2 Å². The number of imidazole rings is 1. The Kier molecular flexibility index (Phi) is 3.72. The number of carbonyl (C=O) groups excluding carboxylic acids is 1. The molecule has 3 aromatic rings. The standard InChI is InChI=1S/C19H19N5O/c1-23-18-15(14-10-21-22-11-14)8-5-9-16(18)24(19(23)20)12-17(25)13-6-3-2-4-7-13/h2-6,8-11,13,20H,7,12H2,1H3,(H,21,22). The molecule has 0 radical (unpaired) electrons. The van der Waals surface area contributed by atoms with E-state index in [1.807, 2.05) is 60.3 Å². The van der Waals surface area contributed by atoms with Crippen molar-refractivity contribution in [1.29, 1.82) is 5.41 Å². The minimum atomic E-state index is -0.107. The van der Waals surface area contributed by atoms with Gasteiger partial charge in [0.2, 0.25) is 5.62 Å². The lowest BCUT2D eigenvalue weighted by atomic mass is 9.96. The number of nitrogens with one attached hydrogen (secondary N) is 2. The van der Waals surface area contributed by atoms with Gasteiger partial charge in [0.15, 0.2) is 5.78 Å². The Morgan fingerprint density at radius 1 is 1.40 bits per heavy atom. The molecule has 2 aromatic heterocycles. The number of H-pyrrole nitrogens is 1. The number of fused-ring (bicyclic) bond motifs is 1. The third kappa shape index (κ3) is 2.55. The lowest BCUT2D eigenvalue weighted by Gasteiger charge is -2.12. The third-order valence-electron chi connectivity index (χ3n) is 4.73. The molecule has 6 nitrogen and oxygen atoms in total. The first kappa shape index (κ1) is 15.4. The van der Waals surface area contributed by atoms with Gasteiger partial charge in [0.1, 0.15) is 0 Å². The summed E-state index contributed by atoms with van der Waals surface area (Å²) in [6, 6.07) is 5.92. The van der Waals surface area contributed by atoms with E-state index in [4.69, 9.17) is 5.41 Å². The molecular weight excluding hydrogens is 314 g/mol. The van der Waals surface area contributed by atoms with E-state index in [1.54, 1.807) is 10.8 Å². The number of hydrogen-bond donors (Lipinski definition) is 2. The summed E-state index contributed by atoms with van der Waals surface area (Å²) in [7, 11) is 1.86. The summed E-state index contributed by atoms with van der Waals surface area (Å²) in [5.41, 5.74) is 4.09. The Hall–Kier alpha value is -3.15. The zero-order valence-electron chi connectivity index (χ0n) is 13.9. The van der Waals surface area contributed by atoms with Crippen LogP contribution < -0.4 is 5.62 Å². The fraction of sp³-hybridized carbons (Fsp3) is 0.211. The topological polar surface area (TPSA) is 79.5 Å². The van der Waals surface area contributed by atoms with Crippen LogP contribution in [0.1, 0.15) is 6.42 Å². The highest BCUT2D eigenvalue weighted by atomic mass is 16.1. The summed E-state index contributed by atoms with van der Waals surface area (Å²) in [5, 5.41) is 15.3. The molecule has 0 aliphatic heterocycles. The number of nitrogens with zero attached hydrogens (tertiary/aromatic N) is 3. The van der Waals surface area contributed by atoms with Crippen molar-refractivity contribution in [3.05, 3.63) is 60.5 Å². The molecule has 6 heteroatoms. The number of aryl methyl sites for hydroxylation is 1. The van der Waals surface area contributed by atoms with Crippen LogP contribution in [-0.4, -0.2) is 25.1 Å². The second kappa shape index (κ2) is 6.05. The highest BCUT2D eigenvalue weighted by Crippen LogP contribution is 2.27. The molecular formula is C19H19N5O. The van der Waals surface area contributed by atoms with Gasteiger partial charge in [-0.15, -0.1) is 0 Å². The van der Waals surface area contributed by atoms with Crippen molar-refractivity contribution >= 4 is 16.8 Å². The largest absolute Gasteiger partial charge is 0.313 e. The summed E-state index contributed by atoms with van der Waals surface area (Å²) in [5.74, 6) is 0.0181. The van der Waals surface area contributed by atoms with Crippen molar-refractivity contribution in [3.8, 4) is 11.1 Å². The van der Waals surface area contributed by atoms with Crippen molar-refractivity contribution in [2.24, 2.45) is 13.0 Å². The van der Waals surface area contributed by atoms with Crippen LogP contribution in [0.25, 0.3) is 22.2 Å². The van der Waals surface area contributed by atoms with Gasteiger partial charge in [-0.05, 0) is 12.5 Å². The second-order valence-electron chi connectivity index (χ2n) is 6.25. The summed E-state index contributed by atoms with van der Waals surface area (Å²) in [6.07, 6.45) is 12.2. The maximum Gasteiger partial charge on any atom is 0.203 e. The minimum absolute atomic E-state index is 0.107. The zero-order valence-corrected chi connectivity index (χ0v) is 13.9. The van der Waals surface area contributed by atoms with E-state index in [-0.39, 0.29) is 18.2 Å². The highest BCUT2D eigenvalue weighted by Gasteiger charge is 2.20. The van der Waals surface area contributed by atoms with Crippen LogP contribution in [0, 0.1) is 11.3 Å². The molecule has 2 N–H and O–H groups in total. The van der Waals surface area contributed by atoms with E-state index in [9.17, 15) is 4.79 Å². The summed E-state index contributed by atoms with van der Waals surface area (Å²) < 4.78 is 3.61. The van der Waals surface area contributed by atoms with Crippen molar-refractivity contribution in [2.45, 2.75) is 13.0 Å². The van der Waals surface area contributed by atoms with Gasteiger partial charge in [0.25, 0.3) is 0 Å². The van der Waals surface area contributed by atoms with Crippen molar-refractivity contribution in [1.82, 2.24) is 19.3 Å². The van der Waals surface area contributed by atoms with Gasteiger partial charge in [-0.1, -0.05) is 36.4 Å². The number of carbonyl (C=O) groups is 1. The smallest absolute Gasteiger partial charge is 0.203 e. The maximum absolute atomic E-state index is 12.7. The van der Waals surface area contributed by atoms with E-state index in [0.29, 0.717) is 5.62 Å². The molecule has 1 atom stereocenters. The van der Waals surface area contributed by atoms with Crippen LogP contribution >= 0.6 is 0 Å². The van der Waals surface area contributed by atoms with Crippen LogP contribution in [-0.2, 0) is 18.4 Å². The highest BCUT2D eigenvalue weighted by molar-refractivity contribution is 5.93. The molecule has 1 unspecified atom stereocenters. The average molecular weight is 333 g/mol. The fourth-order valence-corrected chi connectivity index (χ4v) is 3.39. The number of rotatable bonds is 4. The quantitative estimate of drug-likeness (QED) is 0.769. The second-order valence-corrected chi connectivity index (χ2v) is 6.25. The van der Waals surface area contributed by atoms with Gasteiger partial charge < -0.3 is 9.13 Å². The van der Waals surface area contributed by atoms with E-state index >= 15 is 0 Å². The van der Waals surface area contributed by atoms with Crippen LogP contribution in [0.3, 0.4) is 0 Å². The number of hydrogen-bond acceptors (Lipinski definition) is 3. The lowest BCUT2D eigenvalue weighted by molar-refractivity contribution is -0.122. The summed E-state index contributed by atoms with van der Waals surface area (Å²) >= 11 is 0. The van der Waals surface area contributed by atoms with Crippen molar-refractivity contribution in [3.63, 3.8) is 0 Å². The zero-order chi connectivity index (χ0) is 17.4. The minimum Gasteiger partial charge on any atom is -0.313 e. The Labute approximate surface area is 144 Å². The van der Waals surface area contributed by atoms with E-state index in [0.717, 1.165) is 28.6 Å². The average Bonchev–Trinajstić information content (AvgIpc) is 3.26. The SMILES string of the molecule is Cn1c(=N)n(CC(=O)C2C=CC=CC2)c2cccc(-c3cn[nH]c3)c21. The Morgan fingerprint density at radius 2 is 2.28 bits per heavy atom. The fourth-order valence-electron chi connectivity index (χ4n) is 3.39. The number of aromatic amines is 1. The predicted octanol–water partition coefficient (Wildman–Crippen LogP) is 2.55. The molecule has 1 aliphatic rings. The monoisotopic (exact) mass is 333 g/mol. The van der Waals surface area contributed by atoms with Gasteiger partial charge in [0.05, 0.1) is 23.8 Å². The molecule has 0 saturated heterocycles. The first-order valence-corrected chi connectivity index (χ1v) is 8.25. The summed E-state index contributed by atoms with van der Waals surface area (Å²) in [6.45, 7) is 0.202. The van der Waals surface area contributed by atoms with Gasteiger partial charge >= 0.3 is 0 Å². The number of Topliss-reactive ketones (excluding diaryl/α,β-unsaturated/α-hetero) is 1. The predicted molar refractivity (Wildman–Crippen MR) is 95.7 cm³/mol. The van der Waals surface area contributed by atoms with E-state index < -0.39 is 0 Å². The normalized spacial score (nSPS) is 16.6. The molecule has 1 aliphatic carbocycles. The Balaban J connectivity index is 1.80. The van der Waals surface area contributed by atoms with Crippen molar-refractivity contribution < 1.29 is 4.79 Å². The Bertz CT molecular complexity index is 1050. The molecule has 0 amide bonds. The van der Waals surface area contributed by atoms with Crippen molar-refractivity contribution in [2.75, 3.05) is 0 Å². The first-order valence-electron chi connectivity index (χ1n) is 8.25. The number of aromatic nitrogens is 4. The molecule has 0 bridgehead atoms. The number of para-hydroxylation sites is 1. The number of allylic oxidation sites excluding steroid dienone is 4. The van der Waals surface area contributed by atoms with Gasteiger partial charge in [-0.2, -0.15) is 5.10 Å². The van der Waals surface area contributed by atoms with Gasteiger partial charge in [0, 0.05) is 30.3 Å². The third-order valence-corrected chi connectivity index (χ3v) is 4.73. The molecule has 2 heterocycles. The van der Waals surface area contributed by atoms with Gasteiger partial charge in [-0.25, -0.2) is 0 Å². The first-order chi connectivity index (χ1) is 12.2. The van der Waals surface area contributed by atoms with Crippen LogP contribution in [0.4, 0.5) is 0 Å². The molecule has 0 saturated carbocycles. The lowest BCUT2D eigenvalue weighted by Crippen LogP contribution is -2.28. The maximum atomic E-state index is 12.7. The van der Waals surface area contributed by atoms with E-state index in [1.165, 1.54) is 0 Å². The van der Waals surface area contributed by atoms with Crippen LogP contribution in [0.5, 0.6) is 0 Å². The number of benzene rings is 1. The van der Waals surface area contributed by atoms with Crippen LogP contribution in [0.15, 0.2) is 54.9 Å². The molecule has 126 valence electrons. The molecule has 1 aromatic carbocycles. The van der Waals surface area contributed by atoms with Gasteiger partial charge in [-0.3, -0.25) is 15.3 Å². The molecule has 0 spiro atoms.